The molecular formula is C17H23NO3. The smallest absolute Gasteiger partial charge is 0.230 e. The molecule has 21 heavy (non-hydrogen) atoms. The monoisotopic (exact) mass is 289 g/mol. The van der Waals surface area contributed by atoms with Gasteiger partial charge in [-0.1, -0.05) is 43.2 Å². The molecule has 1 aliphatic heterocycles. The number of amides is 1. The Bertz CT molecular complexity index is 488. The third kappa shape index (κ3) is 2.83. The van der Waals surface area contributed by atoms with Gasteiger partial charge in [-0.2, -0.15) is 0 Å². The second-order valence-electron chi connectivity index (χ2n) is 6.36. The Balaban J connectivity index is 1.74. The van der Waals surface area contributed by atoms with E-state index in [9.17, 15) is 9.90 Å². The summed E-state index contributed by atoms with van der Waals surface area (Å²) in [6.45, 7) is 1.15. The lowest BCUT2D eigenvalue weighted by atomic mass is 9.78. The molecular weight excluding hydrogens is 266 g/mol. The molecule has 0 spiro atoms. The first-order valence-corrected chi connectivity index (χ1v) is 7.79. The van der Waals surface area contributed by atoms with Crippen LogP contribution in [0.1, 0.15) is 37.7 Å². The van der Waals surface area contributed by atoms with Crippen LogP contribution >= 0.6 is 0 Å². The van der Waals surface area contributed by atoms with Crippen molar-refractivity contribution in [1.82, 2.24) is 5.32 Å². The number of aliphatic hydroxyl groups is 1. The Morgan fingerprint density at radius 2 is 1.90 bits per heavy atom. The van der Waals surface area contributed by atoms with E-state index in [0.717, 1.165) is 31.2 Å². The Kier molecular flexibility index (Phi) is 4.00. The standard InChI is InChI=1S/C17H23NO3/c19-15(18-12-16(20)10-11-21-13-16)17(8-4-5-9-17)14-6-2-1-3-7-14/h1-3,6-7,20H,4-5,8-13H2,(H,18,19). The average molecular weight is 289 g/mol. The predicted molar refractivity (Wildman–Crippen MR) is 80.0 cm³/mol. The minimum atomic E-state index is -0.897. The lowest BCUT2D eigenvalue weighted by molar-refractivity contribution is -0.128. The van der Waals surface area contributed by atoms with E-state index in [-0.39, 0.29) is 12.5 Å². The molecule has 1 atom stereocenters. The predicted octanol–water partition coefficient (Wildman–Crippen LogP) is 1.77. The van der Waals surface area contributed by atoms with Crippen molar-refractivity contribution in [2.45, 2.75) is 43.1 Å². The largest absolute Gasteiger partial charge is 0.386 e. The lowest BCUT2D eigenvalue weighted by Crippen LogP contribution is -2.49. The summed E-state index contributed by atoms with van der Waals surface area (Å²) in [5, 5.41) is 13.3. The van der Waals surface area contributed by atoms with Gasteiger partial charge >= 0.3 is 0 Å². The van der Waals surface area contributed by atoms with E-state index < -0.39 is 11.0 Å². The molecule has 1 amide bonds. The molecule has 4 heteroatoms. The van der Waals surface area contributed by atoms with Crippen LogP contribution in [0, 0.1) is 0 Å². The van der Waals surface area contributed by atoms with Gasteiger partial charge in [-0.25, -0.2) is 0 Å². The zero-order chi connectivity index (χ0) is 14.8. The fourth-order valence-electron chi connectivity index (χ4n) is 3.53. The molecule has 1 saturated heterocycles. The van der Waals surface area contributed by atoms with Crippen LogP contribution in [0.5, 0.6) is 0 Å². The van der Waals surface area contributed by atoms with Gasteiger partial charge in [0.05, 0.1) is 12.0 Å². The quantitative estimate of drug-likeness (QED) is 0.888. The molecule has 1 aromatic rings. The molecule has 1 saturated carbocycles. The Hall–Kier alpha value is -1.39. The maximum atomic E-state index is 12.8. The first-order valence-electron chi connectivity index (χ1n) is 7.79. The number of hydrogen-bond donors (Lipinski definition) is 2. The van der Waals surface area contributed by atoms with Gasteiger partial charge < -0.3 is 15.2 Å². The SMILES string of the molecule is O=C(NCC1(O)CCOC1)C1(c2ccccc2)CCCC1. The summed E-state index contributed by atoms with van der Waals surface area (Å²) in [6, 6.07) is 10.0. The van der Waals surface area contributed by atoms with Gasteiger partial charge in [0, 0.05) is 19.6 Å². The Morgan fingerprint density at radius 3 is 2.52 bits per heavy atom. The molecule has 1 aliphatic carbocycles. The topological polar surface area (TPSA) is 58.6 Å². The van der Waals surface area contributed by atoms with Crippen LogP contribution in [0.15, 0.2) is 30.3 Å². The van der Waals surface area contributed by atoms with E-state index >= 15 is 0 Å². The van der Waals surface area contributed by atoms with E-state index in [1.54, 1.807) is 0 Å². The number of nitrogens with one attached hydrogen (secondary N) is 1. The Morgan fingerprint density at radius 1 is 1.19 bits per heavy atom. The number of carbonyl (C=O) groups excluding carboxylic acids is 1. The third-order valence-corrected chi connectivity index (χ3v) is 4.88. The first-order chi connectivity index (χ1) is 10.1. The van der Waals surface area contributed by atoms with Gasteiger partial charge in [-0.3, -0.25) is 4.79 Å². The van der Waals surface area contributed by atoms with Crippen molar-refractivity contribution in [3.05, 3.63) is 35.9 Å². The second kappa shape index (κ2) is 5.78. The van der Waals surface area contributed by atoms with Crippen molar-refractivity contribution < 1.29 is 14.6 Å². The molecule has 2 fully saturated rings. The minimum Gasteiger partial charge on any atom is -0.386 e. The van der Waals surface area contributed by atoms with E-state index in [0.29, 0.717) is 19.6 Å². The maximum Gasteiger partial charge on any atom is 0.230 e. The van der Waals surface area contributed by atoms with Gasteiger partial charge in [-0.15, -0.1) is 0 Å². The fourth-order valence-corrected chi connectivity index (χ4v) is 3.53. The molecule has 2 aliphatic rings. The van der Waals surface area contributed by atoms with Crippen LogP contribution in [-0.2, 0) is 14.9 Å². The highest BCUT2D eigenvalue weighted by Crippen LogP contribution is 2.41. The molecule has 0 bridgehead atoms. The van der Waals surface area contributed by atoms with E-state index in [4.69, 9.17) is 4.74 Å². The van der Waals surface area contributed by atoms with Crippen molar-refractivity contribution >= 4 is 5.91 Å². The number of hydrogen-bond acceptors (Lipinski definition) is 3. The summed E-state index contributed by atoms with van der Waals surface area (Å²) in [4.78, 5) is 12.8. The number of carbonyl (C=O) groups is 1. The van der Waals surface area contributed by atoms with Crippen molar-refractivity contribution in [3.63, 3.8) is 0 Å². The second-order valence-corrected chi connectivity index (χ2v) is 6.36. The van der Waals surface area contributed by atoms with Crippen LogP contribution < -0.4 is 5.32 Å². The third-order valence-electron chi connectivity index (χ3n) is 4.88. The molecule has 1 aromatic carbocycles. The van der Waals surface area contributed by atoms with E-state index in [1.807, 2.05) is 30.3 Å². The summed E-state index contributed by atoms with van der Waals surface area (Å²) < 4.78 is 5.23. The van der Waals surface area contributed by atoms with Crippen LogP contribution in [0.25, 0.3) is 0 Å². The lowest BCUT2D eigenvalue weighted by Gasteiger charge is -2.30. The van der Waals surface area contributed by atoms with Crippen LogP contribution in [-0.4, -0.2) is 36.4 Å². The van der Waals surface area contributed by atoms with Crippen molar-refractivity contribution in [1.29, 1.82) is 0 Å². The van der Waals surface area contributed by atoms with Gasteiger partial charge in [-0.05, 0) is 18.4 Å². The summed E-state index contributed by atoms with van der Waals surface area (Å²) in [5.74, 6) is 0.0477. The number of ether oxygens (including phenoxy) is 1. The highest BCUT2D eigenvalue weighted by Gasteiger charge is 2.43. The van der Waals surface area contributed by atoms with Gasteiger partial charge in [0.25, 0.3) is 0 Å². The summed E-state index contributed by atoms with van der Waals surface area (Å²) in [6.07, 6.45) is 4.52. The van der Waals surface area contributed by atoms with Gasteiger partial charge in [0.1, 0.15) is 5.60 Å². The normalized spacial score (nSPS) is 27.7. The van der Waals surface area contributed by atoms with Crippen LogP contribution in [0.3, 0.4) is 0 Å². The van der Waals surface area contributed by atoms with Crippen molar-refractivity contribution in [2.75, 3.05) is 19.8 Å². The highest BCUT2D eigenvalue weighted by molar-refractivity contribution is 5.88. The van der Waals surface area contributed by atoms with Crippen LogP contribution in [0.4, 0.5) is 0 Å². The first kappa shape index (κ1) is 14.5. The molecule has 2 N–H and O–H groups in total. The highest BCUT2D eigenvalue weighted by atomic mass is 16.5. The maximum absolute atomic E-state index is 12.8. The molecule has 1 heterocycles. The molecule has 0 radical (unpaired) electrons. The van der Waals surface area contributed by atoms with Crippen LogP contribution in [0.2, 0.25) is 0 Å². The molecule has 1 unspecified atom stereocenters. The average Bonchev–Trinajstić information content (AvgIpc) is 3.16. The molecule has 3 rings (SSSR count). The van der Waals surface area contributed by atoms with E-state index in [1.165, 1.54) is 0 Å². The number of rotatable bonds is 4. The zero-order valence-corrected chi connectivity index (χ0v) is 12.3. The summed E-state index contributed by atoms with van der Waals surface area (Å²) in [7, 11) is 0. The van der Waals surface area contributed by atoms with Crippen molar-refractivity contribution in [2.24, 2.45) is 0 Å². The minimum absolute atomic E-state index is 0.0477. The Labute approximate surface area is 125 Å². The van der Waals surface area contributed by atoms with Crippen molar-refractivity contribution in [3.8, 4) is 0 Å². The van der Waals surface area contributed by atoms with Gasteiger partial charge in [0.2, 0.25) is 5.91 Å². The van der Waals surface area contributed by atoms with Gasteiger partial charge in [0.15, 0.2) is 0 Å². The summed E-state index contributed by atoms with van der Waals surface area (Å²) >= 11 is 0. The molecule has 4 nitrogen and oxygen atoms in total. The van der Waals surface area contributed by atoms with E-state index in [2.05, 4.69) is 5.32 Å². The fraction of sp³-hybridized carbons (Fsp3) is 0.588. The number of benzene rings is 1. The molecule has 0 aromatic heterocycles. The summed E-state index contributed by atoms with van der Waals surface area (Å²) in [5.41, 5.74) is -0.224. The zero-order valence-electron chi connectivity index (χ0n) is 12.3. The molecule has 114 valence electrons.